The van der Waals surface area contributed by atoms with Gasteiger partial charge in [0.15, 0.2) is 16.6 Å². The van der Waals surface area contributed by atoms with Crippen LogP contribution >= 0.6 is 0 Å². The molecule has 0 radical (unpaired) electrons. The number of hydrogen-bond donors (Lipinski definition) is 0. The number of carbonyl (C=O) groups is 2. The Bertz CT molecular complexity index is 518. The van der Waals surface area contributed by atoms with Crippen LogP contribution in [-0.4, -0.2) is 45.5 Å². The molecule has 1 heterocycles. The van der Waals surface area contributed by atoms with Gasteiger partial charge in [-0.25, -0.2) is 0 Å². The molecule has 1 amide bonds. The molecule has 0 N–H and O–H groups in total. The van der Waals surface area contributed by atoms with Crippen molar-refractivity contribution in [3.8, 4) is 0 Å². The minimum Gasteiger partial charge on any atom is -0.413 e. The SMILES string of the molecule is CC(O[Si](C)(C)C(C)(C)C)C1C(=O)N([Si](C)(C)C(C)(C)C)C1CC=O. The van der Waals surface area contributed by atoms with Gasteiger partial charge in [0.1, 0.15) is 6.29 Å². The Morgan fingerprint density at radius 1 is 1.08 bits per heavy atom. The summed E-state index contributed by atoms with van der Waals surface area (Å²) in [6, 6.07) is -0.00865. The zero-order chi connectivity index (χ0) is 20.0. The maximum atomic E-state index is 13.1. The molecule has 146 valence electrons. The Labute approximate surface area is 156 Å². The number of nitrogens with zero attached hydrogens (tertiary/aromatic N) is 1. The molecular formula is C19H39NO3Si2. The minimum absolute atomic E-state index is 0.00865. The van der Waals surface area contributed by atoms with Gasteiger partial charge in [0.2, 0.25) is 5.91 Å². The molecule has 1 saturated heterocycles. The van der Waals surface area contributed by atoms with E-state index in [2.05, 4.69) is 72.3 Å². The van der Waals surface area contributed by atoms with E-state index in [1.807, 2.05) is 6.92 Å². The van der Waals surface area contributed by atoms with Crippen molar-refractivity contribution in [3.05, 3.63) is 0 Å². The summed E-state index contributed by atoms with van der Waals surface area (Å²) < 4.78 is 8.56. The zero-order valence-corrected chi connectivity index (χ0v) is 20.2. The summed E-state index contributed by atoms with van der Waals surface area (Å²) in [4.78, 5) is 24.4. The van der Waals surface area contributed by atoms with E-state index in [1.165, 1.54) is 0 Å². The molecule has 3 unspecified atom stereocenters. The Hall–Kier alpha value is -0.466. The summed E-state index contributed by atoms with van der Waals surface area (Å²) in [6.45, 7) is 24.1. The normalized spacial score (nSPS) is 24.1. The lowest BCUT2D eigenvalue weighted by molar-refractivity contribution is -0.154. The minimum atomic E-state index is -1.99. The largest absolute Gasteiger partial charge is 0.413 e. The first-order valence-electron chi connectivity index (χ1n) is 9.43. The lowest BCUT2D eigenvalue weighted by Crippen LogP contribution is -2.75. The van der Waals surface area contributed by atoms with Gasteiger partial charge in [0, 0.05) is 12.5 Å². The second-order valence-electron chi connectivity index (χ2n) is 10.6. The van der Waals surface area contributed by atoms with Crippen molar-refractivity contribution in [2.45, 2.75) is 103 Å². The van der Waals surface area contributed by atoms with Crippen molar-refractivity contribution < 1.29 is 14.0 Å². The number of carbonyl (C=O) groups excluding carboxylic acids is 2. The Morgan fingerprint density at radius 2 is 1.56 bits per heavy atom. The fraction of sp³-hybridized carbons (Fsp3) is 0.895. The van der Waals surface area contributed by atoms with E-state index in [9.17, 15) is 9.59 Å². The quantitative estimate of drug-likeness (QED) is 0.374. The molecule has 1 aliphatic heterocycles. The van der Waals surface area contributed by atoms with Gasteiger partial charge in [-0.05, 0) is 30.1 Å². The summed E-state index contributed by atoms with van der Waals surface area (Å²) >= 11 is 0. The molecule has 0 spiro atoms. The summed E-state index contributed by atoms with van der Waals surface area (Å²) in [6.07, 6.45) is 1.23. The van der Waals surface area contributed by atoms with Crippen molar-refractivity contribution in [1.82, 2.24) is 4.57 Å². The van der Waals surface area contributed by atoms with E-state index < -0.39 is 16.6 Å². The number of rotatable bonds is 6. The third-order valence-electron chi connectivity index (χ3n) is 6.84. The topological polar surface area (TPSA) is 46.6 Å². The van der Waals surface area contributed by atoms with Crippen molar-refractivity contribution in [2.75, 3.05) is 0 Å². The van der Waals surface area contributed by atoms with Crippen LogP contribution in [0.15, 0.2) is 0 Å². The molecule has 1 fully saturated rings. The molecule has 4 nitrogen and oxygen atoms in total. The van der Waals surface area contributed by atoms with Crippen molar-refractivity contribution in [2.24, 2.45) is 5.92 Å². The van der Waals surface area contributed by atoms with Gasteiger partial charge in [-0.3, -0.25) is 4.79 Å². The van der Waals surface area contributed by atoms with Crippen LogP contribution in [0, 0.1) is 5.92 Å². The van der Waals surface area contributed by atoms with Crippen LogP contribution in [0.4, 0.5) is 0 Å². The molecule has 6 heteroatoms. The highest BCUT2D eigenvalue weighted by Gasteiger charge is 2.59. The van der Waals surface area contributed by atoms with Crippen LogP contribution in [0.1, 0.15) is 54.9 Å². The van der Waals surface area contributed by atoms with E-state index in [-0.39, 0.29) is 34.0 Å². The summed E-state index contributed by atoms with van der Waals surface area (Å²) in [7, 11) is -3.93. The molecule has 3 atom stereocenters. The van der Waals surface area contributed by atoms with Crippen LogP contribution in [0.2, 0.25) is 36.3 Å². The van der Waals surface area contributed by atoms with Crippen LogP contribution in [0.5, 0.6) is 0 Å². The summed E-state index contributed by atoms with van der Waals surface area (Å²) in [5.74, 6) is -0.00176. The zero-order valence-electron chi connectivity index (χ0n) is 18.2. The fourth-order valence-corrected chi connectivity index (χ4v) is 7.15. The van der Waals surface area contributed by atoms with Crippen LogP contribution in [0.25, 0.3) is 0 Å². The average molecular weight is 386 g/mol. The standard InChI is InChI=1S/C19H39NO3Si2/c1-14(23-25(10,11)19(5,6)7)16-15(12-13-21)20(17(16)22)24(8,9)18(2,3)4/h13-16H,12H2,1-11H3. The van der Waals surface area contributed by atoms with E-state index >= 15 is 0 Å². The van der Waals surface area contributed by atoms with Gasteiger partial charge in [-0.15, -0.1) is 0 Å². The fourth-order valence-electron chi connectivity index (χ4n) is 3.20. The predicted octanol–water partition coefficient (Wildman–Crippen LogP) is 4.82. The third-order valence-corrected chi connectivity index (χ3v) is 16.8. The highest BCUT2D eigenvalue weighted by atomic mass is 28.4. The molecule has 0 aromatic carbocycles. The molecule has 1 rings (SSSR count). The number of amides is 1. The third kappa shape index (κ3) is 4.11. The molecule has 0 aromatic heterocycles. The van der Waals surface area contributed by atoms with Crippen molar-refractivity contribution >= 4 is 28.7 Å². The highest BCUT2D eigenvalue weighted by molar-refractivity contribution is 6.80. The molecule has 0 aliphatic carbocycles. The molecule has 0 bridgehead atoms. The maximum absolute atomic E-state index is 13.1. The maximum Gasteiger partial charge on any atom is 0.222 e. The number of aldehydes is 1. The van der Waals surface area contributed by atoms with Crippen molar-refractivity contribution in [3.63, 3.8) is 0 Å². The van der Waals surface area contributed by atoms with Gasteiger partial charge in [0.05, 0.1) is 12.0 Å². The van der Waals surface area contributed by atoms with Gasteiger partial charge >= 0.3 is 0 Å². The Balaban J connectivity index is 3.07. The van der Waals surface area contributed by atoms with E-state index in [1.54, 1.807) is 0 Å². The second-order valence-corrected chi connectivity index (χ2v) is 20.5. The van der Waals surface area contributed by atoms with Gasteiger partial charge in [-0.2, -0.15) is 0 Å². The lowest BCUT2D eigenvalue weighted by atomic mass is 9.84. The highest BCUT2D eigenvalue weighted by Crippen LogP contribution is 2.47. The first kappa shape index (κ1) is 22.6. The van der Waals surface area contributed by atoms with Crippen LogP contribution < -0.4 is 0 Å². The van der Waals surface area contributed by atoms with Crippen LogP contribution in [-0.2, 0) is 14.0 Å². The van der Waals surface area contributed by atoms with Crippen LogP contribution in [0.3, 0.4) is 0 Å². The summed E-state index contributed by atoms with van der Waals surface area (Å²) in [5, 5.41) is 0.172. The average Bonchev–Trinajstić information content (AvgIpc) is 2.34. The molecular weight excluding hydrogens is 346 g/mol. The smallest absolute Gasteiger partial charge is 0.222 e. The van der Waals surface area contributed by atoms with Crippen molar-refractivity contribution in [1.29, 1.82) is 0 Å². The molecule has 1 aliphatic rings. The van der Waals surface area contributed by atoms with E-state index in [0.29, 0.717) is 6.42 Å². The summed E-state index contributed by atoms with van der Waals surface area (Å²) in [5.41, 5.74) is 0. The monoisotopic (exact) mass is 385 g/mol. The van der Waals surface area contributed by atoms with Gasteiger partial charge in [0.25, 0.3) is 0 Å². The lowest BCUT2D eigenvalue weighted by Gasteiger charge is -2.60. The molecule has 0 aromatic rings. The number of β-lactam (4-membered cyclic amide) rings is 1. The van der Waals surface area contributed by atoms with Gasteiger partial charge in [-0.1, -0.05) is 54.6 Å². The van der Waals surface area contributed by atoms with Gasteiger partial charge < -0.3 is 13.8 Å². The van der Waals surface area contributed by atoms with E-state index in [0.717, 1.165) is 6.29 Å². The number of hydrogen-bond acceptors (Lipinski definition) is 3. The molecule has 25 heavy (non-hydrogen) atoms. The first-order valence-corrected chi connectivity index (χ1v) is 15.3. The van der Waals surface area contributed by atoms with E-state index in [4.69, 9.17) is 4.43 Å². The first-order chi connectivity index (χ1) is 11.0. The second kappa shape index (κ2) is 6.93. The predicted molar refractivity (Wildman–Crippen MR) is 110 cm³/mol. The Morgan fingerprint density at radius 3 is 1.92 bits per heavy atom. The molecule has 0 saturated carbocycles. The Kier molecular flexibility index (Phi) is 6.26.